The molecule has 0 aliphatic carbocycles. The van der Waals surface area contributed by atoms with E-state index in [0.29, 0.717) is 6.04 Å². The zero-order valence-electron chi connectivity index (χ0n) is 13.6. The van der Waals surface area contributed by atoms with E-state index in [4.69, 9.17) is 0 Å². The number of hydrogen-bond acceptors (Lipinski definition) is 3. The molecular weight excluding hydrogens is 252 g/mol. The van der Waals surface area contributed by atoms with Crippen molar-refractivity contribution in [3.05, 3.63) is 0 Å². The smallest absolute Gasteiger partial charge is 0.0120 e. The highest BCUT2D eigenvalue weighted by molar-refractivity contribution is 7.99. The predicted molar refractivity (Wildman–Crippen MR) is 89.1 cm³/mol. The summed E-state index contributed by atoms with van der Waals surface area (Å²) in [6.45, 7) is 14.2. The van der Waals surface area contributed by atoms with E-state index in [9.17, 15) is 0 Å². The minimum absolute atomic E-state index is 0.713. The maximum Gasteiger partial charge on any atom is 0.0120 e. The molecule has 4 atom stereocenters. The molecule has 2 nitrogen and oxygen atoms in total. The molecule has 19 heavy (non-hydrogen) atoms. The molecule has 0 amide bonds. The van der Waals surface area contributed by atoms with Crippen molar-refractivity contribution >= 4 is 11.8 Å². The first-order chi connectivity index (χ1) is 9.11. The Kier molecular flexibility index (Phi) is 8.43. The van der Waals surface area contributed by atoms with Gasteiger partial charge in [0.1, 0.15) is 0 Å². The lowest BCUT2D eigenvalue weighted by Crippen LogP contribution is -2.55. The van der Waals surface area contributed by atoms with Crippen molar-refractivity contribution in [3.63, 3.8) is 0 Å². The highest BCUT2D eigenvalue weighted by Gasteiger charge is 2.33. The maximum atomic E-state index is 3.73. The summed E-state index contributed by atoms with van der Waals surface area (Å²) in [6.07, 6.45) is 3.89. The van der Waals surface area contributed by atoms with E-state index in [1.807, 2.05) is 0 Å². The number of thioether (sulfide) groups is 1. The zero-order valence-corrected chi connectivity index (χ0v) is 14.4. The molecule has 1 aliphatic rings. The topological polar surface area (TPSA) is 15.3 Å². The van der Waals surface area contributed by atoms with Crippen LogP contribution in [0, 0.1) is 5.92 Å². The van der Waals surface area contributed by atoms with Crippen LogP contribution in [0.25, 0.3) is 0 Å². The Morgan fingerprint density at radius 1 is 1.32 bits per heavy atom. The van der Waals surface area contributed by atoms with Gasteiger partial charge in [0.15, 0.2) is 0 Å². The van der Waals surface area contributed by atoms with Crippen LogP contribution in [0.5, 0.6) is 0 Å². The van der Waals surface area contributed by atoms with Crippen LogP contribution in [-0.4, -0.2) is 47.6 Å². The molecule has 1 saturated heterocycles. The fourth-order valence-electron chi connectivity index (χ4n) is 3.20. The summed E-state index contributed by atoms with van der Waals surface area (Å²) in [6, 6.07) is 2.18. The maximum absolute atomic E-state index is 3.73. The molecule has 0 aromatic carbocycles. The van der Waals surface area contributed by atoms with Crippen molar-refractivity contribution in [1.29, 1.82) is 0 Å². The van der Waals surface area contributed by atoms with Crippen molar-refractivity contribution in [2.75, 3.05) is 24.6 Å². The van der Waals surface area contributed by atoms with Crippen molar-refractivity contribution in [2.24, 2.45) is 5.92 Å². The zero-order chi connectivity index (χ0) is 14.3. The lowest BCUT2D eigenvalue weighted by Gasteiger charge is -2.46. The van der Waals surface area contributed by atoms with Gasteiger partial charge < -0.3 is 5.32 Å². The standard InChI is InChI=1S/C16H34N2S/c1-6-10-17-16-8-11-18(15(5)14(16)4)13(3)9-12-19-7-2/h13-17H,6-12H2,1-5H3. The molecule has 114 valence electrons. The summed E-state index contributed by atoms with van der Waals surface area (Å²) in [5.41, 5.74) is 0. The minimum atomic E-state index is 0.713. The fourth-order valence-corrected chi connectivity index (χ4v) is 3.99. The van der Waals surface area contributed by atoms with Crippen LogP contribution >= 0.6 is 11.8 Å². The molecule has 4 unspecified atom stereocenters. The Labute approximate surface area is 125 Å². The third-order valence-corrected chi connectivity index (χ3v) is 5.66. The molecule has 0 aromatic rings. The number of nitrogens with zero attached hydrogens (tertiary/aromatic N) is 1. The highest BCUT2D eigenvalue weighted by Crippen LogP contribution is 2.26. The Balaban J connectivity index is 2.41. The van der Waals surface area contributed by atoms with Gasteiger partial charge in [0.2, 0.25) is 0 Å². The molecule has 1 aliphatic heterocycles. The summed E-state index contributed by atoms with van der Waals surface area (Å²) in [4.78, 5) is 2.74. The van der Waals surface area contributed by atoms with Crippen molar-refractivity contribution < 1.29 is 0 Å². The van der Waals surface area contributed by atoms with Gasteiger partial charge in [-0.1, -0.05) is 20.8 Å². The van der Waals surface area contributed by atoms with Gasteiger partial charge in [-0.25, -0.2) is 0 Å². The quantitative estimate of drug-likeness (QED) is 0.686. The van der Waals surface area contributed by atoms with Gasteiger partial charge in [-0.2, -0.15) is 11.8 Å². The van der Waals surface area contributed by atoms with Gasteiger partial charge in [0, 0.05) is 24.7 Å². The molecule has 0 bridgehead atoms. The van der Waals surface area contributed by atoms with Crippen LogP contribution in [0.2, 0.25) is 0 Å². The molecule has 1 heterocycles. The number of hydrogen-bond donors (Lipinski definition) is 1. The molecule has 0 saturated carbocycles. The molecule has 0 spiro atoms. The first kappa shape index (κ1) is 17.3. The van der Waals surface area contributed by atoms with E-state index < -0.39 is 0 Å². The van der Waals surface area contributed by atoms with Gasteiger partial charge in [-0.3, -0.25) is 4.90 Å². The SMILES string of the molecule is CCCNC1CCN(C(C)CCSCC)C(C)C1C. The van der Waals surface area contributed by atoms with Crippen LogP contribution < -0.4 is 5.32 Å². The van der Waals surface area contributed by atoms with Crippen molar-refractivity contribution in [1.82, 2.24) is 10.2 Å². The number of likely N-dealkylation sites (tertiary alicyclic amines) is 1. The van der Waals surface area contributed by atoms with Crippen molar-refractivity contribution in [2.45, 2.75) is 72.0 Å². The lowest BCUT2D eigenvalue weighted by atomic mass is 9.86. The predicted octanol–water partition coefficient (Wildman–Crippen LogP) is 3.62. The first-order valence-electron chi connectivity index (χ1n) is 8.18. The molecule has 1 fully saturated rings. The molecular formula is C16H34N2S. The summed E-state index contributed by atoms with van der Waals surface area (Å²) < 4.78 is 0. The average molecular weight is 287 g/mol. The molecule has 3 heteroatoms. The average Bonchev–Trinajstić information content (AvgIpc) is 2.40. The number of nitrogens with one attached hydrogen (secondary N) is 1. The van der Waals surface area contributed by atoms with Gasteiger partial charge in [0.25, 0.3) is 0 Å². The first-order valence-corrected chi connectivity index (χ1v) is 9.34. The third kappa shape index (κ3) is 5.28. The second kappa shape index (κ2) is 9.25. The second-order valence-electron chi connectivity index (χ2n) is 6.02. The summed E-state index contributed by atoms with van der Waals surface area (Å²) >= 11 is 2.08. The number of rotatable bonds is 8. The Hall–Kier alpha value is 0.270. The lowest BCUT2D eigenvalue weighted by molar-refractivity contribution is 0.0520. The summed E-state index contributed by atoms with van der Waals surface area (Å²) in [5, 5.41) is 3.73. The second-order valence-corrected chi connectivity index (χ2v) is 7.42. The van der Waals surface area contributed by atoms with E-state index in [2.05, 4.69) is 56.6 Å². The third-order valence-electron chi connectivity index (χ3n) is 4.72. The van der Waals surface area contributed by atoms with E-state index in [0.717, 1.165) is 18.0 Å². The van der Waals surface area contributed by atoms with Crippen LogP contribution in [0.1, 0.15) is 53.9 Å². The van der Waals surface area contributed by atoms with Gasteiger partial charge in [-0.05, 0) is 57.1 Å². The largest absolute Gasteiger partial charge is 0.314 e. The molecule has 1 N–H and O–H groups in total. The van der Waals surface area contributed by atoms with E-state index in [1.54, 1.807) is 0 Å². The molecule has 0 radical (unpaired) electrons. The Bertz CT molecular complexity index is 235. The van der Waals surface area contributed by atoms with Crippen LogP contribution in [-0.2, 0) is 0 Å². The summed E-state index contributed by atoms with van der Waals surface area (Å²) in [7, 11) is 0. The minimum Gasteiger partial charge on any atom is -0.314 e. The van der Waals surface area contributed by atoms with E-state index >= 15 is 0 Å². The highest BCUT2D eigenvalue weighted by atomic mass is 32.2. The normalized spacial score (nSPS) is 30.5. The van der Waals surface area contributed by atoms with Crippen LogP contribution in [0.4, 0.5) is 0 Å². The fraction of sp³-hybridized carbons (Fsp3) is 1.00. The monoisotopic (exact) mass is 286 g/mol. The van der Waals surface area contributed by atoms with Crippen molar-refractivity contribution in [3.8, 4) is 0 Å². The van der Waals surface area contributed by atoms with Gasteiger partial charge >= 0.3 is 0 Å². The Morgan fingerprint density at radius 3 is 2.68 bits per heavy atom. The number of piperidine rings is 1. The van der Waals surface area contributed by atoms with Gasteiger partial charge in [-0.15, -0.1) is 0 Å². The molecule has 1 rings (SSSR count). The van der Waals surface area contributed by atoms with E-state index in [1.165, 1.54) is 43.9 Å². The summed E-state index contributed by atoms with van der Waals surface area (Å²) in [5.74, 6) is 3.33. The molecule has 0 aromatic heterocycles. The van der Waals surface area contributed by atoms with Crippen LogP contribution in [0.3, 0.4) is 0 Å². The van der Waals surface area contributed by atoms with Crippen LogP contribution in [0.15, 0.2) is 0 Å². The van der Waals surface area contributed by atoms with Gasteiger partial charge in [0.05, 0.1) is 0 Å². The Morgan fingerprint density at radius 2 is 2.05 bits per heavy atom. The van der Waals surface area contributed by atoms with E-state index in [-0.39, 0.29) is 0 Å².